The number of carbonyl (C=O) groups is 1. The molecule has 0 spiro atoms. The standard InChI is InChI=1S/C24H25ClFNO5/c1-3-6-16(13-28)27-12-18(24(30)31)23(29)17-10-14(11-20(22(17)27)32-4-2)9-15-7-5-8-19(25)21(15)26/h5,7-8,10-12,16,28H,3-4,6,9,13H2,1-2H3,(H,30,31). The molecule has 0 bridgehead atoms. The van der Waals surface area contributed by atoms with Crippen molar-refractivity contribution in [3.05, 3.63) is 74.3 Å². The molecule has 0 fully saturated rings. The highest BCUT2D eigenvalue weighted by atomic mass is 35.5. The number of ether oxygens (including phenoxy) is 1. The van der Waals surface area contributed by atoms with Crippen molar-refractivity contribution in [1.29, 1.82) is 0 Å². The number of pyridine rings is 1. The summed E-state index contributed by atoms with van der Waals surface area (Å²) < 4.78 is 21.9. The quantitative estimate of drug-likeness (QED) is 0.477. The molecular formula is C24H25ClFNO5. The van der Waals surface area contributed by atoms with Crippen LogP contribution in [0.25, 0.3) is 10.9 Å². The second-order valence-corrected chi connectivity index (χ2v) is 7.93. The van der Waals surface area contributed by atoms with Crippen molar-refractivity contribution in [2.75, 3.05) is 13.2 Å². The number of carboxylic acids is 1. The van der Waals surface area contributed by atoms with Crippen molar-refractivity contribution in [2.24, 2.45) is 0 Å². The van der Waals surface area contributed by atoms with Crippen LogP contribution in [0.2, 0.25) is 5.02 Å². The van der Waals surface area contributed by atoms with E-state index in [-0.39, 0.29) is 23.4 Å². The van der Waals surface area contributed by atoms with Gasteiger partial charge in [-0.25, -0.2) is 9.18 Å². The van der Waals surface area contributed by atoms with E-state index in [1.165, 1.54) is 12.3 Å². The summed E-state index contributed by atoms with van der Waals surface area (Å²) in [6.45, 7) is 3.81. The number of aromatic nitrogens is 1. The third-order valence-corrected chi connectivity index (χ3v) is 5.62. The number of nitrogens with zero attached hydrogens (tertiary/aromatic N) is 1. The van der Waals surface area contributed by atoms with Crippen molar-refractivity contribution in [1.82, 2.24) is 4.57 Å². The molecule has 2 aromatic carbocycles. The molecule has 32 heavy (non-hydrogen) atoms. The number of aliphatic hydroxyl groups excluding tert-OH is 1. The number of benzene rings is 2. The van der Waals surface area contributed by atoms with Gasteiger partial charge in [0.15, 0.2) is 0 Å². The first kappa shape index (κ1) is 23.8. The molecular weight excluding hydrogens is 437 g/mol. The van der Waals surface area contributed by atoms with Crippen molar-refractivity contribution in [3.63, 3.8) is 0 Å². The van der Waals surface area contributed by atoms with Gasteiger partial charge in [-0.1, -0.05) is 37.1 Å². The van der Waals surface area contributed by atoms with Gasteiger partial charge in [0.25, 0.3) is 0 Å². The number of fused-ring (bicyclic) bond motifs is 1. The molecule has 0 saturated heterocycles. The Hall–Kier alpha value is -2.90. The number of rotatable bonds is 9. The summed E-state index contributed by atoms with van der Waals surface area (Å²) in [6.07, 6.45) is 2.73. The molecule has 1 atom stereocenters. The van der Waals surface area contributed by atoms with Gasteiger partial charge < -0.3 is 19.5 Å². The third kappa shape index (κ3) is 4.64. The Labute approximate surface area is 189 Å². The lowest BCUT2D eigenvalue weighted by Crippen LogP contribution is -2.23. The van der Waals surface area contributed by atoms with E-state index in [1.807, 2.05) is 6.92 Å². The van der Waals surface area contributed by atoms with Crippen LogP contribution < -0.4 is 10.2 Å². The van der Waals surface area contributed by atoms with E-state index in [0.29, 0.717) is 35.4 Å². The van der Waals surface area contributed by atoms with Crippen molar-refractivity contribution < 1.29 is 24.1 Å². The van der Waals surface area contributed by atoms with E-state index in [0.717, 1.165) is 6.42 Å². The van der Waals surface area contributed by atoms with E-state index in [2.05, 4.69) is 0 Å². The number of hydrogen-bond acceptors (Lipinski definition) is 4. The summed E-state index contributed by atoms with van der Waals surface area (Å²) in [5.41, 5.74) is 0.258. The molecule has 0 radical (unpaired) electrons. The average molecular weight is 462 g/mol. The van der Waals surface area contributed by atoms with Crippen LogP contribution in [0.4, 0.5) is 4.39 Å². The number of hydrogen-bond donors (Lipinski definition) is 2. The molecule has 2 N–H and O–H groups in total. The van der Waals surface area contributed by atoms with Crippen LogP contribution in [0, 0.1) is 5.82 Å². The summed E-state index contributed by atoms with van der Waals surface area (Å²) in [5.74, 6) is -1.54. The lowest BCUT2D eigenvalue weighted by molar-refractivity contribution is 0.0694. The largest absolute Gasteiger partial charge is 0.492 e. The Bertz CT molecular complexity index is 1210. The first-order chi connectivity index (χ1) is 15.3. The molecule has 0 amide bonds. The van der Waals surface area contributed by atoms with Crippen LogP contribution in [0.3, 0.4) is 0 Å². The number of aliphatic hydroxyl groups is 1. The molecule has 1 heterocycles. The number of aromatic carboxylic acids is 1. The number of carboxylic acid groups (broad SMARTS) is 1. The van der Waals surface area contributed by atoms with Gasteiger partial charge in [0.1, 0.15) is 17.1 Å². The summed E-state index contributed by atoms with van der Waals surface area (Å²) in [5, 5.41) is 19.7. The molecule has 1 aromatic heterocycles. The minimum atomic E-state index is -1.36. The molecule has 0 saturated carbocycles. The van der Waals surface area contributed by atoms with E-state index in [9.17, 15) is 24.2 Å². The zero-order chi connectivity index (χ0) is 23.4. The van der Waals surface area contributed by atoms with Crippen molar-refractivity contribution in [2.45, 2.75) is 39.2 Å². The van der Waals surface area contributed by atoms with Gasteiger partial charge in [0, 0.05) is 12.6 Å². The Morgan fingerprint density at radius 3 is 2.66 bits per heavy atom. The molecule has 3 aromatic rings. The highest BCUT2D eigenvalue weighted by Crippen LogP contribution is 2.32. The van der Waals surface area contributed by atoms with E-state index < -0.39 is 28.8 Å². The van der Waals surface area contributed by atoms with Crippen LogP contribution in [0.15, 0.2) is 41.3 Å². The first-order valence-corrected chi connectivity index (χ1v) is 10.8. The van der Waals surface area contributed by atoms with Gasteiger partial charge in [-0.3, -0.25) is 4.79 Å². The second kappa shape index (κ2) is 10.1. The lowest BCUT2D eigenvalue weighted by atomic mass is 10.00. The molecule has 0 aliphatic carbocycles. The molecule has 3 rings (SSSR count). The Morgan fingerprint density at radius 1 is 1.28 bits per heavy atom. The van der Waals surface area contributed by atoms with Crippen molar-refractivity contribution >= 4 is 28.5 Å². The van der Waals surface area contributed by atoms with Crippen LogP contribution >= 0.6 is 11.6 Å². The summed E-state index contributed by atoms with van der Waals surface area (Å²) in [6, 6.07) is 7.52. The minimum absolute atomic E-state index is 0.00538. The van der Waals surface area contributed by atoms with Gasteiger partial charge in [-0.2, -0.15) is 0 Å². The average Bonchev–Trinajstić information content (AvgIpc) is 2.76. The Balaban J connectivity index is 2.32. The molecule has 170 valence electrons. The summed E-state index contributed by atoms with van der Waals surface area (Å²) in [7, 11) is 0. The maximum Gasteiger partial charge on any atom is 0.341 e. The van der Waals surface area contributed by atoms with Gasteiger partial charge in [0.2, 0.25) is 5.43 Å². The fraction of sp³-hybridized carbons (Fsp3) is 0.333. The van der Waals surface area contributed by atoms with Gasteiger partial charge in [-0.15, -0.1) is 0 Å². The molecule has 0 aliphatic heterocycles. The highest BCUT2D eigenvalue weighted by molar-refractivity contribution is 6.30. The lowest BCUT2D eigenvalue weighted by Gasteiger charge is -2.23. The maximum atomic E-state index is 14.5. The first-order valence-electron chi connectivity index (χ1n) is 10.4. The Morgan fingerprint density at radius 2 is 2.03 bits per heavy atom. The maximum absolute atomic E-state index is 14.5. The van der Waals surface area contributed by atoms with Gasteiger partial charge >= 0.3 is 5.97 Å². The van der Waals surface area contributed by atoms with Crippen LogP contribution in [0.1, 0.15) is 54.2 Å². The van der Waals surface area contributed by atoms with E-state index in [1.54, 1.807) is 35.8 Å². The minimum Gasteiger partial charge on any atom is -0.492 e. The highest BCUT2D eigenvalue weighted by Gasteiger charge is 2.22. The predicted octanol–water partition coefficient (Wildman–Crippen LogP) is 4.82. The number of halogens is 2. The zero-order valence-corrected chi connectivity index (χ0v) is 18.7. The van der Waals surface area contributed by atoms with Crippen LogP contribution in [-0.2, 0) is 6.42 Å². The normalized spacial score (nSPS) is 12.2. The summed E-state index contributed by atoms with van der Waals surface area (Å²) >= 11 is 5.90. The van der Waals surface area contributed by atoms with E-state index in [4.69, 9.17) is 16.3 Å². The fourth-order valence-electron chi connectivity index (χ4n) is 3.88. The summed E-state index contributed by atoms with van der Waals surface area (Å²) in [4.78, 5) is 24.8. The molecule has 8 heteroatoms. The zero-order valence-electron chi connectivity index (χ0n) is 17.9. The monoisotopic (exact) mass is 461 g/mol. The predicted molar refractivity (Wildman–Crippen MR) is 122 cm³/mol. The molecule has 1 unspecified atom stereocenters. The van der Waals surface area contributed by atoms with Gasteiger partial charge in [-0.05, 0) is 42.7 Å². The third-order valence-electron chi connectivity index (χ3n) is 5.33. The van der Waals surface area contributed by atoms with Gasteiger partial charge in [0.05, 0.1) is 35.2 Å². The topological polar surface area (TPSA) is 88.8 Å². The second-order valence-electron chi connectivity index (χ2n) is 7.52. The van der Waals surface area contributed by atoms with E-state index >= 15 is 0 Å². The molecule has 6 nitrogen and oxygen atoms in total. The molecule has 0 aliphatic rings. The van der Waals surface area contributed by atoms with Crippen LogP contribution in [0.5, 0.6) is 5.75 Å². The van der Waals surface area contributed by atoms with Crippen LogP contribution in [-0.4, -0.2) is 34.0 Å². The SMILES string of the molecule is CCCC(CO)n1cc(C(=O)O)c(=O)c2cc(Cc3cccc(Cl)c3F)cc(OCC)c21. The Kier molecular flexibility index (Phi) is 7.53. The smallest absolute Gasteiger partial charge is 0.341 e. The fourth-order valence-corrected chi connectivity index (χ4v) is 4.07. The van der Waals surface area contributed by atoms with Crippen molar-refractivity contribution in [3.8, 4) is 5.75 Å².